The number of anilines is 1. The smallest absolute Gasteiger partial charge is 0.261 e. The maximum Gasteiger partial charge on any atom is 0.261 e. The minimum Gasteiger partial charge on any atom is -0.346 e. The molecule has 2 N–H and O–H groups in total. The quantitative estimate of drug-likeness (QED) is 0.517. The molecule has 1 aromatic heterocycles. The zero-order chi connectivity index (χ0) is 22.3. The summed E-state index contributed by atoms with van der Waals surface area (Å²) in [6.45, 7) is 4.32. The Hall–Kier alpha value is -3.19. The van der Waals surface area contributed by atoms with Crippen LogP contribution in [0.2, 0.25) is 0 Å². The molecule has 0 atom stereocenters. The fourth-order valence-corrected chi connectivity index (χ4v) is 4.21. The van der Waals surface area contributed by atoms with Crippen LogP contribution in [0.4, 0.5) is 5.69 Å². The van der Waals surface area contributed by atoms with Crippen LogP contribution in [0.15, 0.2) is 71.8 Å². The van der Waals surface area contributed by atoms with Crippen molar-refractivity contribution in [3.63, 3.8) is 0 Å². The van der Waals surface area contributed by atoms with Crippen LogP contribution in [0.25, 0.3) is 0 Å². The van der Waals surface area contributed by atoms with Gasteiger partial charge < -0.3 is 5.32 Å². The van der Waals surface area contributed by atoms with E-state index in [1.165, 1.54) is 17.7 Å². The first-order chi connectivity index (χ1) is 14.9. The fraction of sp³-hybridized carbons (Fsp3) is 0.250. The number of hydrogen-bond acceptors (Lipinski definition) is 4. The molecule has 0 fully saturated rings. The van der Waals surface area contributed by atoms with E-state index in [1.54, 1.807) is 30.5 Å². The van der Waals surface area contributed by atoms with E-state index in [2.05, 4.69) is 21.9 Å². The van der Waals surface area contributed by atoms with Gasteiger partial charge in [0.15, 0.2) is 0 Å². The summed E-state index contributed by atoms with van der Waals surface area (Å²) in [5.74, 6) is -0.359. The van der Waals surface area contributed by atoms with Gasteiger partial charge in [0, 0.05) is 17.4 Å². The van der Waals surface area contributed by atoms with Gasteiger partial charge in [-0.2, -0.15) is 0 Å². The standard InChI is InChI=1S/C24H27N3O3S/c1-3-4-8-19-11-13-21(14-12-19)27-31(29,30)22-10-5-9-20(16-22)24(28)26-17-23-18(2)7-6-15-25-23/h5-7,9-16,27H,3-4,8,17H2,1-2H3,(H,26,28). The van der Waals surface area contributed by atoms with Crippen LogP contribution in [0.3, 0.4) is 0 Å². The Morgan fingerprint density at radius 3 is 2.52 bits per heavy atom. The number of aromatic nitrogens is 1. The van der Waals surface area contributed by atoms with Crippen LogP contribution < -0.4 is 10.0 Å². The van der Waals surface area contributed by atoms with Gasteiger partial charge in [-0.1, -0.05) is 37.6 Å². The van der Waals surface area contributed by atoms with Crippen LogP contribution in [-0.4, -0.2) is 19.3 Å². The van der Waals surface area contributed by atoms with Crippen molar-refractivity contribution in [2.45, 2.75) is 44.6 Å². The number of hydrogen-bond donors (Lipinski definition) is 2. The molecule has 7 heteroatoms. The summed E-state index contributed by atoms with van der Waals surface area (Å²) in [4.78, 5) is 16.8. The van der Waals surface area contributed by atoms with Crippen molar-refractivity contribution < 1.29 is 13.2 Å². The van der Waals surface area contributed by atoms with Crippen LogP contribution in [0.1, 0.15) is 46.9 Å². The Labute approximate surface area is 183 Å². The van der Waals surface area contributed by atoms with Gasteiger partial charge in [0.25, 0.3) is 15.9 Å². The number of sulfonamides is 1. The third-order valence-electron chi connectivity index (χ3n) is 4.97. The molecule has 0 aliphatic heterocycles. The first-order valence-corrected chi connectivity index (χ1v) is 11.8. The van der Waals surface area contributed by atoms with E-state index < -0.39 is 10.0 Å². The molecule has 6 nitrogen and oxygen atoms in total. The Morgan fingerprint density at radius 1 is 1.03 bits per heavy atom. The Bertz CT molecular complexity index is 1140. The molecule has 2 aromatic carbocycles. The maximum absolute atomic E-state index is 12.8. The highest BCUT2D eigenvalue weighted by atomic mass is 32.2. The molecule has 1 heterocycles. The van der Waals surface area contributed by atoms with E-state index in [0.29, 0.717) is 5.69 Å². The predicted molar refractivity (Wildman–Crippen MR) is 122 cm³/mol. The molecule has 3 rings (SSSR count). The van der Waals surface area contributed by atoms with Crippen molar-refractivity contribution in [3.05, 3.63) is 89.2 Å². The maximum atomic E-state index is 12.8. The monoisotopic (exact) mass is 437 g/mol. The molecule has 0 aliphatic rings. The summed E-state index contributed by atoms with van der Waals surface area (Å²) in [5, 5.41) is 2.79. The van der Waals surface area contributed by atoms with Crippen molar-refractivity contribution in [2.75, 3.05) is 4.72 Å². The second-order valence-corrected chi connectivity index (χ2v) is 9.07. The van der Waals surface area contributed by atoms with Gasteiger partial charge in [0.2, 0.25) is 0 Å². The topological polar surface area (TPSA) is 88.2 Å². The number of carbonyl (C=O) groups is 1. The lowest BCUT2D eigenvalue weighted by Gasteiger charge is -2.11. The van der Waals surface area contributed by atoms with Crippen molar-refractivity contribution in [2.24, 2.45) is 0 Å². The molecule has 0 bridgehead atoms. The molecule has 1 amide bonds. The largest absolute Gasteiger partial charge is 0.346 e. The SMILES string of the molecule is CCCCc1ccc(NS(=O)(=O)c2cccc(C(=O)NCc3ncccc3C)c2)cc1. The van der Waals surface area contributed by atoms with Gasteiger partial charge in [0.1, 0.15) is 0 Å². The predicted octanol–water partition coefficient (Wildman–Crippen LogP) is 4.46. The number of aryl methyl sites for hydroxylation is 2. The first kappa shape index (κ1) is 22.5. The third-order valence-corrected chi connectivity index (χ3v) is 6.34. The van der Waals surface area contributed by atoms with Crippen LogP contribution in [-0.2, 0) is 23.0 Å². The molecule has 0 aliphatic carbocycles. The van der Waals surface area contributed by atoms with E-state index in [1.807, 2.05) is 31.2 Å². The average molecular weight is 438 g/mol. The van der Waals surface area contributed by atoms with Gasteiger partial charge in [-0.05, 0) is 67.3 Å². The lowest BCUT2D eigenvalue weighted by Crippen LogP contribution is -2.24. The lowest BCUT2D eigenvalue weighted by molar-refractivity contribution is 0.0950. The number of rotatable bonds is 9. The highest BCUT2D eigenvalue weighted by Gasteiger charge is 2.17. The van der Waals surface area contributed by atoms with Gasteiger partial charge in [-0.15, -0.1) is 0 Å². The van der Waals surface area contributed by atoms with Gasteiger partial charge >= 0.3 is 0 Å². The number of nitrogens with zero attached hydrogens (tertiary/aromatic N) is 1. The zero-order valence-electron chi connectivity index (χ0n) is 17.8. The van der Waals surface area contributed by atoms with Crippen molar-refractivity contribution in [1.29, 1.82) is 0 Å². The second-order valence-electron chi connectivity index (χ2n) is 7.38. The molecular weight excluding hydrogens is 410 g/mol. The number of pyridine rings is 1. The van der Waals surface area contributed by atoms with Crippen LogP contribution >= 0.6 is 0 Å². The van der Waals surface area contributed by atoms with Crippen molar-refractivity contribution in [1.82, 2.24) is 10.3 Å². The molecule has 31 heavy (non-hydrogen) atoms. The molecule has 0 spiro atoms. The van der Waals surface area contributed by atoms with Crippen molar-refractivity contribution in [3.8, 4) is 0 Å². The minimum atomic E-state index is -3.82. The number of unbranched alkanes of at least 4 members (excludes halogenated alkanes) is 1. The summed E-state index contributed by atoms with van der Waals surface area (Å²) in [7, 11) is -3.82. The van der Waals surface area contributed by atoms with E-state index >= 15 is 0 Å². The van der Waals surface area contributed by atoms with E-state index in [-0.39, 0.29) is 22.9 Å². The first-order valence-electron chi connectivity index (χ1n) is 10.3. The zero-order valence-corrected chi connectivity index (χ0v) is 18.6. The Balaban J connectivity index is 1.69. The molecule has 0 radical (unpaired) electrons. The molecule has 0 saturated heterocycles. The molecular formula is C24H27N3O3S. The average Bonchev–Trinajstić information content (AvgIpc) is 2.78. The van der Waals surface area contributed by atoms with Crippen LogP contribution in [0.5, 0.6) is 0 Å². The van der Waals surface area contributed by atoms with Gasteiger partial charge in [-0.25, -0.2) is 8.42 Å². The van der Waals surface area contributed by atoms with E-state index in [4.69, 9.17) is 0 Å². The summed E-state index contributed by atoms with van der Waals surface area (Å²) in [6.07, 6.45) is 4.85. The highest BCUT2D eigenvalue weighted by molar-refractivity contribution is 7.92. The number of nitrogens with one attached hydrogen (secondary N) is 2. The highest BCUT2D eigenvalue weighted by Crippen LogP contribution is 2.18. The molecule has 162 valence electrons. The Morgan fingerprint density at radius 2 is 1.81 bits per heavy atom. The number of carbonyl (C=O) groups excluding carboxylic acids is 1. The molecule has 0 saturated carbocycles. The number of amides is 1. The van der Waals surface area contributed by atoms with E-state index in [0.717, 1.165) is 30.5 Å². The van der Waals surface area contributed by atoms with E-state index in [9.17, 15) is 13.2 Å². The molecule has 0 unspecified atom stereocenters. The molecule has 3 aromatic rings. The van der Waals surface area contributed by atoms with Crippen molar-refractivity contribution >= 4 is 21.6 Å². The van der Waals surface area contributed by atoms with Gasteiger partial charge in [-0.3, -0.25) is 14.5 Å². The number of benzene rings is 2. The minimum absolute atomic E-state index is 0.0317. The summed E-state index contributed by atoms with van der Waals surface area (Å²) in [6, 6.07) is 17.1. The summed E-state index contributed by atoms with van der Waals surface area (Å²) >= 11 is 0. The summed E-state index contributed by atoms with van der Waals surface area (Å²) in [5.41, 5.74) is 3.67. The van der Waals surface area contributed by atoms with Gasteiger partial charge in [0.05, 0.1) is 17.1 Å². The Kier molecular flexibility index (Phi) is 7.41. The third kappa shape index (κ3) is 6.15. The summed E-state index contributed by atoms with van der Waals surface area (Å²) < 4.78 is 28.2. The van der Waals surface area contributed by atoms with Crippen LogP contribution in [0, 0.1) is 6.92 Å². The normalized spacial score (nSPS) is 11.2. The fourth-order valence-electron chi connectivity index (χ4n) is 3.11. The second kappa shape index (κ2) is 10.2. The lowest BCUT2D eigenvalue weighted by atomic mass is 10.1.